The summed E-state index contributed by atoms with van der Waals surface area (Å²) in [7, 11) is 0. The van der Waals surface area contributed by atoms with Crippen molar-refractivity contribution in [3.63, 3.8) is 0 Å². The van der Waals surface area contributed by atoms with Crippen LogP contribution in [-0.2, 0) is 35.7 Å². The van der Waals surface area contributed by atoms with Crippen LogP contribution in [0.3, 0.4) is 0 Å². The molecule has 0 unspecified atom stereocenters. The first-order valence-corrected chi connectivity index (χ1v) is 16.3. The van der Waals surface area contributed by atoms with Crippen LogP contribution >= 0.6 is 0 Å². The zero-order valence-corrected chi connectivity index (χ0v) is 26.5. The van der Waals surface area contributed by atoms with Gasteiger partial charge >= 0.3 is 6.03 Å². The lowest BCUT2D eigenvalue weighted by molar-refractivity contribution is -0.252. The first-order valence-electron chi connectivity index (χ1n) is 16.3. The molecule has 1 aliphatic heterocycles. The number of imidazole rings is 1. The summed E-state index contributed by atoms with van der Waals surface area (Å²) in [5, 5.41) is 15.4. The molecule has 242 valence electrons. The van der Waals surface area contributed by atoms with Gasteiger partial charge in [0.15, 0.2) is 6.29 Å². The molecule has 2 amide bonds. The molecule has 5 aromatic carbocycles. The van der Waals surface area contributed by atoms with Gasteiger partial charge in [-0.25, -0.2) is 9.78 Å². The summed E-state index contributed by atoms with van der Waals surface area (Å²) in [6.45, 7) is 1.55. The Morgan fingerprint density at radius 3 is 2.23 bits per heavy atom. The number of hydrogen-bond acceptors (Lipinski definition) is 5. The predicted octanol–water partition coefficient (Wildman–Crippen LogP) is 7.44. The molecule has 0 bridgehead atoms. The summed E-state index contributed by atoms with van der Waals surface area (Å²) in [6, 6.07) is 42.2. The molecule has 8 nitrogen and oxygen atoms in total. The number of aliphatic hydroxyl groups excluding tert-OH is 1. The van der Waals surface area contributed by atoms with E-state index in [4.69, 9.17) is 9.47 Å². The Morgan fingerprint density at radius 1 is 0.729 bits per heavy atom. The van der Waals surface area contributed by atoms with Crippen molar-refractivity contribution in [2.24, 2.45) is 0 Å². The number of rotatable bonds is 10. The number of nitrogens with one attached hydrogen (secondary N) is 2. The molecule has 0 aliphatic carbocycles. The van der Waals surface area contributed by atoms with Crippen LogP contribution in [0.2, 0.25) is 0 Å². The Hall–Kier alpha value is -5.28. The molecule has 2 heterocycles. The lowest BCUT2D eigenvalue weighted by Crippen LogP contribution is -2.34. The molecule has 3 N–H and O–H groups in total. The minimum atomic E-state index is -0.556. The maximum Gasteiger partial charge on any atom is 0.315 e. The minimum absolute atomic E-state index is 0.00370. The molecule has 0 radical (unpaired) electrons. The van der Waals surface area contributed by atoms with Crippen LogP contribution in [0.25, 0.3) is 22.2 Å². The highest BCUT2D eigenvalue weighted by Crippen LogP contribution is 2.39. The van der Waals surface area contributed by atoms with Gasteiger partial charge in [-0.05, 0) is 51.6 Å². The molecular formula is C40H38N4O4. The summed E-state index contributed by atoms with van der Waals surface area (Å²) in [5.41, 5.74) is 9.06. The minimum Gasteiger partial charge on any atom is -0.392 e. The van der Waals surface area contributed by atoms with Crippen molar-refractivity contribution < 1.29 is 19.4 Å². The van der Waals surface area contributed by atoms with Crippen LogP contribution in [0, 0.1) is 0 Å². The Bertz CT molecular complexity index is 1960. The third-order valence-electron chi connectivity index (χ3n) is 8.73. The molecule has 48 heavy (non-hydrogen) atoms. The molecule has 7 rings (SSSR count). The van der Waals surface area contributed by atoms with E-state index in [1.54, 1.807) is 0 Å². The van der Waals surface area contributed by atoms with Crippen LogP contribution < -0.4 is 10.6 Å². The molecule has 6 aromatic rings. The summed E-state index contributed by atoms with van der Waals surface area (Å²) >= 11 is 0. The van der Waals surface area contributed by atoms with Gasteiger partial charge in [0.2, 0.25) is 0 Å². The highest BCUT2D eigenvalue weighted by atomic mass is 16.7. The van der Waals surface area contributed by atoms with Gasteiger partial charge in [0, 0.05) is 25.1 Å². The monoisotopic (exact) mass is 638 g/mol. The Balaban J connectivity index is 1.04. The van der Waals surface area contributed by atoms with Crippen LogP contribution in [0.5, 0.6) is 0 Å². The van der Waals surface area contributed by atoms with Gasteiger partial charge in [-0.2, -0.15) is 0 Å². The Labute approximate surface area is 280 Å². The normalized spacial score (nSPS) is 17.6. The van der Waals surface area contributed by atoms with Crippen molar-refractivity contribution in [3.05, 3.63) is 162 Å². The SMILES string of the molecule is O=C(NCc1ccccc1)NCc1cccc(-c2ccc([C@@H]3O[C@H](Cn4cnc5ccccc54)C[C@H](c4ccc(CO)cc4)O3)cc2)c1. The first-order chi connectivity index (χ1) is 23.6. The number of ether oxygens (including phenoxy) is 2. The first kappa shape index (κ1) is 31.3. The fourth-order valence-corrected chi connectivity index (χ4v) is 6.12. The Kier molecular flexibility index (Phi) is 9.56. The van der Waals surface area contributed by atoms with E-state index in [2.05, 4.69) is 62.6 Å². The van der Waals surface area contributed by atoms with Gasteiger partial charge in [0.25, 0.3) is 0 Å². The number of urea groups is 1. The predicted molar refractivity (Wildman–Crippen MR) is 186 cm³/mol. The third kappa shape index (κ3) is 7.47. The molecule has 0 saturated carbocycles. The summed E-state index contributed by atoms with van der Waals surface area (Å²) < 4.78 is 15.3. The van der Waals surface area contributed by atoms with E-state index in [0.717, 1.165) is 50.0 Å². The zero-order valence-electron chi connectivity index (χ0n) is 26.5. The molecule has 3 atom stereocenters. The van der Waals surface area contributed by atoms with Gasteiger partial charge in [-0.1, -0.05) is 109 Å². The highest BCUT2D eigenvalue weighted by molar-refractivity contribution is 5.75. The van der Waals surface area contributed by atoms with Crippen molar-refractivity contribution >= 4 is 17.1 Å². The van der Waals surface area contributed by atoms with Crippen molar-refractivity contribution in [2.45, 2.75) is 51.2 Å². The largest absolute Gasteiger partial charge is 0.392 e. The molecule has 1 saturated heterocycles. The second-order valence-electron chi connectivity index (χ2n) is 12.1. The molecule has 1 aromatic heterocycles. The number of aromatic nitrogens is 2. The fraction of sp³-hybridized carbons (Fsp3) is 0.200. The number of aliphatic hydroxyl groups is 1. The third-order valence-corrected chi connectivity index (χ3v) is 8.73. The molecule has 1 aliphatic rings. The van der Waals surface area contributed by atoms with Crippen molar-refractivity contribution in [2.75, 3.05) is 0 Å². The summed E-state index contributed by atoms with van der Waals surface area (Å²) in [6.07, 6.45) is 1.71. The molecule has 8 heteroatoms. The van der Waals surface area contributed by atoms with E-state index >= 15 is 0 Å². The zero-order chi connectivity index (χ0) is 32.7. The lowest BCUT2D eigenvalue weighted by atomic mass is 9.99. The van der Waals surface area contributed by atoms with Gasteiger partial charge in [-0.15, -0.1) is 0 Å². The number of carbonyl (C=O) groups is 1. The molecule has 0 spiro atoms. The number of amides is 2. The average molecular weight is 639 g/mol. The van der Waals surface area contributed by atoms with Crippen LogP contribution in [-0.4, -0.2) is 26.8 Å². The average Bonchev–Trinajstić information content (AvgIpc) is 3.56. The number of benzene rings is 5. The molecule has 1 fully saturated rings. The van der Waals surface area contributed by atoms with Crippen molar-refractivity contribution in [1.82, 2.24) is 20.2 Å². The van der Waals surface area contributed by atoms with Gasteiger partial charge < -0.3 is 29.8 Å². The van der Waals surface area contributed by atoms with E-state index < -0.39 is 6.29 Å². The number of nitrogens with zero attached hydrogens (tertiary/aromatic N) is 2. The van der Waals surface area contributed by atoms with Crippen molar-refractivity contribution in [3.8, 4) is 11.1 Å². The van der Waals surface area contributed by atoms with E-state index in [1.807, 2.05) is 91.3 Å². The second-order valence-corrected chi connectivity index (χ2v) is 12.1. The maximum atomic E-state index is 12.4. The van der Waals surface area contributed by atoms with Gasteiger partial charge in [0.1, 0.15) is 0 Å². The second kappa shape index (κ2) is 14.6. The number of para-hydroxylation sites is 2. The quantitative estimate of drug-likeness (QED) is 0.145. The van der Waals surface area contributed by atoms with E-state index in [0.29, 0.717) is 26.1 Å². The fourth-order valence-electron chi connectivity index (χ4n) is 6.12. The van der Waals surface area contributed by atoms with Crippen LogP contribution in [0.4, 0.5) is 4.79 Å². The molecular weight excluding hydrogens is 600 g/mol. The summed E-state index contributed by atoms with van der Waals surface area (Å²) in [4.78, 5) is 17.0. The summed E-state index contributed by atoms with van der Waals surface area (Å²) in [5.74, 6) is 0. The van der Waals surface area contributed by atoms with E-state index in [1.165, 1.54) is 0 Å². The van der Waals surface area contributed by atoms with Crippen LogP contribution in [0.15, 0.2) is 134 Å². The lowest BCUT2D eigenvalue weighted by Gasteiger charge is -2.36. The maximum absolute atomic E-state index is 12.4. The number of fused-ring (bicyclic) bond motifs is 1. The van der Waals surface area contributed by atoms with Crippen LogP contribution in [0.1, 0.15) is 46.6 Å². The number of hydrogen-bond donors (Lipinski definition) is 3. The number of carbonyl (C=O) groups excluding carboxylic acids is 1. The van der Waals surface area contributed by atoms with Gasteiger partial charge in [-0.3, -0.25) is 0 Å². The van der Waals surface area contributed by atoms with Crippen molar-refractivity contribution in [1.29, 1.82) is 0 Å². The Morgan fingerprint density at radius 2 is 1.44 bits per heavy atom. The standard InChI is InChI=1S/C40H38N4O4/c45-26-29-13-15-32(16-14-29)38-22-35(25-44-27-43-36-11-4-5-12-37(36)44)47-39(48-38)33-19-17-31(18-20-33)34-10-6-9-30(21-34)24-42-40(46)41-23-28-7-2-1-3-8-28/h1-21,27,35,38-39,45H,22-26H2,(H2,41,42,46)/t35-,38+,39+/m0/s1. The van der Waals surface area contributed by atoms with E-state index in [-0.39, 0.29) is 24.8 Å². The topological polar surface area (TPSA) is 97.6 Å². The highest BCUT2D eigenvalue weighted by Gasteiger charge is 2.32. The van der Waals surface area contributed by atoms with Gasteiger partial charge in [0.05, 0.1) is 42.7 Å². The smallest absolute Gasteiger partial charge is 0.315 e. The van der Waals surface area contributed by atoms with E-state index in [9.17, 15) is 9.90 Å².